The Bertz CT molecular complexity index is 511. The Morgan fingerprint density at radius 1 is 1.20 bits per heavy atom. The van der Waals surface area contributed by atoms with Crippen LogP contribution in [-0.4, -0.2) is 21.5 Å². The van der Waals surface area contributed by atoms with Crippen molar-refractivity contribution in [2.24, 2.45) is 0 Å². The Morgan fingerprint density at radius 2 is 1.93 bits per heavy atom. The number of H-pyrrole nitrogens is 1. The zero-order chi connectivity index (χ0) is 11.0. The van der Waals surface area contributed by atoms with Gasteiger partial charge in [0.25, 0.3) is 0 Å². The maximum atomic E-state index is 10.9. The third-order valence-electron chi connectivity index (χ3n) is 2.28. The molecule has 15 heavy (non-hydrogen) atoms. The number of aryl methyl sites for hydroxylation is 3. The van der Waals surface area contributed by atoms with Crippen molar-refractivity contribution < 1.29 is 9.21 Å². The summed E-state index contributed by atoms with van der Waals surface area (Å²) in [6.45, 7) is 5.42. The Kier molecular flexibility index (Phi) is 2.15. The van der Waals surface area contributed by atoms with Gasteiger partial charge in [0.05, 0.1) is 5.56 Å². The summed E-state index contributed by atoms with van der Waals surface area (Å²) < 4.78 is 5.31. The molecule has 5 heteroatoms. The van der Waals surface area contributed by atoms with Crippen LogP contribution in [0.25, 0.3) is 11.5 Å². The summed E-state index contributed by atoms with van der Waals surface area (Å²) >= 11 is 0. The van der Waals surface area contributed by atoms with Crippen LogP contribution in [0.1, 0.15) is 27.6 Å². The summed E-state index contributed by atoms with van der Waals surface area (Å²) in [7, 11) is 0. The van der Waals surface area contributed by atoms with Gasteiger partial charge in [0.2, 0.25) is 11.8 Å². The van der Waals surface area contributed by atoms with Crippen LogP contribution < -0.4 is 0 Å². The Balaban J connectivity index is 2.66. The number of hydrogen-bond donors (Lipinski definition) is 1. The molecule has 0 aliphatic carbocycles. The van der Waals surface area contributed by atoms with E-state index in [0.29, 0.717) is 22.9 Å². The zero-order valence-electron chi connectivity index (χ0n) is 8.79. The maximum absolute atomic E-state index is 10.9. The first kappa shape index (κ1) is 9.64. The number of nitrogens with one attached hydrogen (secondary N) is 1. The number of hydrogen-bond acceptors (Lipinski definition) is 4. The average Bonchev–Trinajstić information content (AvgIpc) is 2.70. The van der Waals surface area contributed by atoms with Gasteiger partial charge >= 0.3 is 0 Å². The molecule has 0 atom stereocenters. The number of carbonyl (C=O) groups is 1. The van der Waals surface area contributed by atoms with Crippen molar-refractivity contribution >= 4 is 6.29 Å². The molecule has 78 valence electrons. The molecule has 0 saturated heterocycles. The highest BCUT2D eigenvalue weighted by Crippen LogP contribution is 2.27. The van der Waals surface area contributed by atoms with Gasteiger partial charge in [-0.1, -0.05) is 0 Å². The molecular formula is C10H11N3O2. The molecule has 0 spiro atoms. The normalized spacial score (nSPS) is 10.6. The Hall–Kier alpha value is -1.91. The largest absolute Gasteiger partial charge is 0.421 e. The molecule has 0 radical (unpaired) electrons. The van der Waals surface area contributed by atoms with Crippen molar-refractivity contribution in [2.45, 2.75) is 20.8 Å². The van der Waals surface area contributed by atoms with Crippen molar-refractivity contribution in [3.63, 3.8) is 0 Å². The van der Waals surface area contributed by atoms with E-state index in [1.54, 1.807) is 6.92 Å². The lowest BCUT2D eigenvalue weighted by Gasteiger charge is -1.93. The fourth-order valence-corrected chi connectivity index (χ4v) is 1.62. The molecule has 1 N–H and O–H groups in total. The van der Waals surface area contributed by atoms with E-state index in [9.17, 15) is 4.79 Å². The Labute approximate surface area is 86.5 Å². The van der Waals surface area contributed by atoms with Crippen LogP contribution in [0.4, 0.5) is 0 Å². The molecule has 2 aromatic rings. The molecule has 2 rings (SSSR count). The minimum absolute atomic E-state index is 0.386. The van der Waals surface area contributed by atoms with Gasteiger partial charge in [-0.2, -0.15) is 0 Å². The highest BCUT2D eigenvalue weighted by Gasteiger charge is 2.18. The lowest BCUT2D eigenvalue weighted by Crippen LogP contribution is -1.86. The van der Waals surface area contributed by atoms with E-state index in [2.05, 4.69) is 15.2 Å². The van der Waals surface area contributed by atoms with Crippen LogP contribution in [0.15, 0.2) is 4.42 Å². The number of rotatable bonds is 2. The first-order valence-electron chi connectivity index (χ1n) is 4.58. The minimum Gasteiger partial charge on any atom is -0.421 e. The fourth-order valence-electron chi connectivity index (χ4n) is 1.62. The van der Waals surface area contributed by atoms with Crippen molar-refractivity contribution in [3.05, 3.63) is 22.8 Å². The second kappa shape index (κ2) is 3.34. The quantitative estimate of drug-likeness (QED) is 0.759. The fraction of sp³-hybridized carbons (Fsp3) is 0.300. The monoisotopic (exact) mass is 205 g/mol. The third-order valence-corrected chi connectivity index (χ3v) is 2.28. The van der Waals surface area contributed by atoms with Gasteiger partial charge < -0.3 is 9.40 Å². The molecular weight excluding hydrogens is 194 g/mol. The Morgan fingerprint density at radius 3 is 2.47 bits per heavy atom. The number of nitrogens with zero attached hydrogens (tertiary/aromatic N) is 2. The second-order valence-electron chi connectivity index (χ2n) is 3.41. The molecule has 0 aromatic carbocycles. The lowest BCUT2D eigenvalue weighted by molar-refractivity contribution is 0.112. The van der Waals surface area contributed by atoms with E-state index in [4.69, 9.17) is 4.42 Å². The smallest absolute Gasteiger partial charge is 0.250 e. The van der Waals surface area contributed by atoms with Crippen molar-refractivity contribution in [2.75, 3.05) is 0 Å². The van der Waals surface area contributed by atoms with Gasteiger partial charge in [-0.05, 0) is 13.8 Å². The van der Waals surface area contributed by atoms with Crippen molar-refractivity contribution in [1.82, 2.24) is 15.2 Å². The summed E-state index contributed by atoms with van der Waals surface area (Å²) in [5, 5.41) is 7.65. The minimum atomic E-state index is 0.386. The van der Waals surface area contributed by atoms with Gasteiger partial charge in [0, 0.05) is 23.9 Å². The van der Waals surface area contributed by atoms with E-state index in [1.165, 1.54) is 0 Å². The summed E-state index contributed by atoms with van der Waals surface area (Å²) in [4.78, 5) is 14.0. The molecule has 5 nitrogen and oxygen atoms in total. The SMILES string of the molecule is Cc1nnc(-c2c(C)[nH]c(C)c2C=O)o1. The molecule has 0 aliphatic rings. The van der Waals surface area contributed by atoms with Gasteiger partial charge in [-0.3, -0.25) is 4.79 Å². The summed E-state index contributed by atoms with van der Waals surface area (Å²) in [5.74, 6) is 0.872. The van der Waals surface area contributed by atoms with E-state index in [0.717, 1.165) is 17.7 Å². The van der Waals surface area contributed by atoms with Crippen molar-refractivity contribution in [1.29, 1.82) is 0 Å². The zero-order valence-corrected chi connectivity index (χ0v) is 8.79. The number of aldehydes is 1. The van der Waals surface area contributed by atoms with Crippen LogP contribution in [0, 0.1) is 20.8 Å². The highest BCUT2D eigenvalue weighted by atomic mass is 16.4. The third kappa shape index (κ3) is 1.45. The van der Waals surface area contributed by atoms with E-state index >= 15 is 0 Å². The number of aromatic amines is 1. The van der Waals surface area contributed by atoms with Crippen LogP contribution in [-0.2, 0) is 0 Å². The molecule has 0 amide bonds. The van der Waals surface area contributed by atoms with Gasteiger partial charge in [0.1, 0.15) is 0 Å². The van der Waals surface area contributed by atoms with Crippen LogP contribution in [0.2, 0.25) is 0 Å². The topological polar surface area (TPSA) is 71.8 Å². The first-order chi connectivity index (χ1) is 7.13. The van der Waals surface area contributed by atoms with E-state index in [1.807, 2.05) is 13.8 Å². The summed E-state index contributed by atoms with van der Waals surface area (Å²) in [6.07, 6.45) is 0.799. The maximum Gasteiger partial charge on any atom is 0.250 e. The molecule has 0 saturated carbocycles. The molecule has 0 bridgehead atoms. The summed E-state index contributed by atoms with van der Waals surface area (Å²) in [6, 6.07) is 0. The van der Waals surface area contributed by atoms with Crippen LogP contribution >= 0.6 is 0 Å². The van der Waals surface area contributed by atoms with Crippen LogP contribution in [0.3, 0.4) is 0 Å². The number of aromatic nitrogens is 3. The second-order valence-corrected chi connectivity index (χ2v) is 3.41. The molecule has 0 unspecified atom stereocenters. The highest BCUT2D eigenvalue weighted by molar-refractivity contribution is 5.88. The summed E-state index contributed by atoms with van der Waals surface area (Å²) in [5.41, 5.74) is 2.95. The number of carbonyl (C=O) groups excluding carboxylic acids is 1. The lowest BCUT2D eigenvalue weighted by atomic mass is 10.1. The van der Waals surface area contributed by atoms with E-state index in [-0.39, 0.29) is 0 Å². The predicted octanol–water partition coefficient (Wildman–Crippen LogP) is 1.80. The van der Waals surface area contributed by atoms with Gasteiger partial charge in [-0.15, -0.1) is 10.2 Å². The van der Waals surface area contributed by atoms with Gasteiger partial charge in [0.15, 0.2) is 6.29 Å². The van der Waals surface area contributed by atoms with Gasteiger partial charge in [-0.25, -0.2) is 0 Å². The van der Waals surface area contributed by atoms with E-state index < -0.39 is 0 Å². The molecule has 0 fully saturated rings. The van der Waals surface area contributed by atoms with Crippen molar-refractivity contribution in [3.8, 4) is 11.5 Å². The average molecular weight is 205 g/mol. The predicted molar refractivity (Wildman–Crippen MR) is 53.7 cm³/mol. The molecule has 0 aliphatic heterocycles. The van der Waals surface area contributed by atoms with Crippen LogP contribution in [0.5, 0.6) is 0 Å². The standard InChI is InChI=1S/C10H11N3O2/c1-5-8(4-14)9(6(2)11-5)10-13-12-7(3)15-10/h4,11H,1-3H3. The first-order valence-corrected chi connectivity index (χ1v) is 4.58. The molecule has 2 heterocycles. The molecule has 2 aromatic heterocycles.